The molecule has 0 aliphatic carbocycles. The molecule has 1 unspecified atom stereocenters. The average Bonchev–Trinajstić information content (AvgIpc) is 2.64. The first-order valence-corrected chi connectivity index (χ1v) is 6.83. The fourth-order valence-electron chi connectivity index (χ4n) is 1.04. The Labute approximate surface area is 154 Å². The van der Waals surface area contributed by atoms with E-state index in [1.54, 1.807) is 6.42 Å². The molecule has 1 heterocycles. The summed E-state index contributed by atoms with van der Waals surface area (Å²) in [5, 5.41) is 7.29. The summed E-state index contributed by atoms with van der Waals surface area (Å²) in [4.78, 5) is 2.84. The summed E-state index contributed by atoms with van der Waals surface area (Å²) in [6, 6.07) is -0.209. The standard InChI is InChI=1S/C8H7Cl6N2O2.Pd/c9-7(10,11)5(15)17-2-1-4-3-18-6(16-4)8(12,13)14;/h1,4,15H,2-3H2;/q-1;/p+1. The third-order valence-electron chi connectivity index (χ3n) is 1.85. The van der Waals surface area contributed by atoms with Crippen LogP contribution in [0.4, 0.5) is 0 Å². The van der Waals surface area contributed by atoms with Crippen LogP contribution in [0.2, 0.25) is 0 Å². The molecular weight excluding hydrogens is 475 g/mol. The van der Waals surface area contributed by atoms with E-state index in [1.165, 1.54) is 0 Å². The van der Waals surface area contributed by atoms with Crippen molar-refractivity contribution in [3.63, 3.8) is 0 Å². The minimum Gasteiger partial charge on any atom is -0.511 e. The second-order valence-electron chi connectivity index (χ2n) is 3.26. The van der Waals surface area contributed by atoms with Gasteiger partial charge in [0.05, 0.1) is 6.04 Å². The van der Waals surface area contributed by atoms with Gasteiger partial charge in [-0.25, -0.2) is 11.4 Å². The Hall–Kier alpha value is 1.34. The molecule has 0 radical (unpaired) electrons. The van der Waals surface area contributed by atoms with Crippen LogP contribution >= 0.6 is 69.6 Å². The second-order valence-corrected chi connectivity index (χ2v) is 7.82. The predicted octanol–water partition coefficient (Wildman–Crippen LogP) is 1.80. The van der Waals surface area contributed by atoms with Crippen LogP contribution in [0.1, 0.15) is 0 Å². The largest absolute Gasteiger partial charge is 0.511 e. The van der Waals surface area contributed by atoms with Gasteiger partial charge in [0.25, 0.3) is 3.79 Å². The summed E-state index contributed by atoms with van der Waals surface area (Å²) in [5.41, 5.74) is 0. The molecule has 1 aliphatic heterocycles. The molecule has 1 atom stereocenters. The molecule has 19 heavy (non-hydrogen) atoms. The van der Waals surface area contributed by atoms with Gasteiger partial charge in [0.15, 0.2) is 0 Å². The van der Waals surface area contributed by atoms with Crippen molar-refractivity contribution in [3.8, 4) is 0 Å². The van der Waals surface area contributed by atoms with Gasteiger partial charge in [-0.3, -0.25) is 5.41 Å². The molecular formula is C8H8Cl6N2O2Pd. The van der Waals surface area contributed by atoms with Crippen LogP contribution in [-0.4, -0.2) is 38.6 Å². The fourth-order valence-corrected chi connectivity index (χ4v) is 1.54. The maximum absolute atomic E-state index is 7.29. The topological polar surface area (TPSA) is 56.3 Å². The van der Waals surface area contributed by atoms with Gasteiger partial charge in [-0.1, -0.05) is 69.6 Å². The van der Waals surface area contributed by atoms with Crippen molar-refractivity contribution in [2.24, 2.45) is 0 Å². The quantitative estimate of drug-likeness (QED) is 0.212. The van der Waals surface area contributed by atoms with Gasteiger partial charge >= 0.3 is 9.69 Å². The van der Waals surface area contributed by atoms with Crippen molar-refractivity contribution < 1.29 is 34.9 Å². The van der Waals surface area contributed by atoms with E-state index in [2.05, 4.69) is 4.99 Å². The van der Waals surface area contributed by atoms with E-state index in [4.69, 9.17) is 84.5 Å². The van der Waals surface area contributed by atoms with Crippen LogP contribution in [0.15, 0.2) is 0 Å². The molecule has 2 N–H and O–H groups in total. The second kappa shape index (κ2) is 8.10. The zero-order chi connectivity index (χ0) is 14.0. The SMILES string of the molecule is N=C(OC[CH-]C1COC(C(Cl)(Cl)Cl)=[NH+]1)C(Cl)(Cl)Cl.[Pd]. The summed E-state index contributed by atoms with van der Waals surface area (Å²) in [7, 11) is 0. The Balaban J connectivity index is 0.00000324. The predicted molar refractivity (Wildman–Crippen MR) is 74.3 cm³/mol. The summed E-state index contributed by atoms with van der Waals surface area (Å²) < 4.78 is 6.56. The average molecular weight is 483 g/mol. The maximum atomic E-state index is 7.29. The van der Waals surface area contributed by atoms with Crippen LogP contribution in [0.25, 0.3) is 0 Å². The molecule has 4 nitrogen and oxygen atoms in total. The first kappa shape index (κ1) is 20.3. The minimum absolute atomic E-state index is 0. The van der Waals surface area contributed by atoms with Crippen LogP contribution in [0.3, 0.4) is 0 Å². The van der Waals surface area contributed by atoms with Crippen LogP contribution in [0, 0.1) is 11.8 Å². The van der Waals surface area contributed by atoms with Gasteiger partial charge in [0, 0.05) is 20.4 Å². The Kier molecular flexibility index (Phi) is 8.67. The molecule has 114 valence electrons. The molecule has 0 aromatic heterocycles. The van der Waals surface area contributed by atoms with Crippen molar-refractivity contribution >= 4 is 81.4 Å². The van der Waals surface area contributed by atoms with Crippen molar-refractivity contribution in [2.75, 3.05) is 13.2 Å². The number of hydrogen-bond donors (Lipinski definition) is 2. The first-order chi connectivity index (χ1) is 8.10. The van der Waals surface area contributed by atoms with E-state index in [0.717, 1.165) is 0 Å². The van der Waals surface area contributed by atoms with Gasteiger partial charge in [-0.2, -0.15) is 0 Å². The smallest absolute Gasteiger partial charge is 0.386 e. The fraction of sp³-hybridized carbons (Fsp3) is 0.625. The summed E-state index contributed by atoms with van der Waals surface area (Å²) >= 11 is 33.2. The molecule has 0 spiro atoms. The number of ether oxygens (including phenoxy) is 2. The maximum Gasteiger partial charge on any atom is 0.386 e. The summed E-state index contributed by atoms with van der Waals surface area (Å²) in [5.74, 6) is -0.321. The molecule has 11 heteroatoms. The minimum atomic E-state index is -1.87. The van der Waals surface area contributed by atoms with Gasteiger partial charge < -0.3 is 9.47 Å². The van der Waals surface area contributed by atoms with E-state index in [1.807, 2.05) is 0 Å². The van der Waals surface area contributed by atoms with E-state index >= 15 is 0 Å². The Morgan fingerprint density at radius 3 is 2.37 bits per heavy atom. The number of nitrogens with one attached hydrogen (secondary N) is 2. The Morgan fingerprint density at radius 1 is 1.37 bits per heavy atom. The number of alkyl halides is 6. The van der Waals surface area contributed by atoms with E-state index in [0.29, 0.717) is 0 Å². The Morgan fingerprint density at radius 2 is 1.95 bits per heavy atom. The molecule has 1 aliphatic rings. The van der Waals surface area contributed by atoms with E-state index in [9.17, 15) is 0 Å². The Bertz CT molecular complexity index is 354. The van der Waals surface area contributed by atoms with Crippen molar-refractivity contribution in [1.82, 2.24) is 0 Å². The number of hydrogen-bond acceptors (Lipinski definition) is 3. The van der Waals surface area contributed by atoms with Gasteiger partial charge in [-0.05, 0) is 6.61 Å². The van der Waals surface area contributed by atoms with Gasteiger partial charge in [0.2, 0.25) is 5.90 Å². The molecule has 0 amide bonds. The zero-order valence-corrected chi connectivity index (χ0v) is 15.1. The third-order valence-corrected chi connectivity index (χ3v) is 2.88. The first-order valence-electron chi connectivity index (χ1n) is 4.56. The summed E-state index contributed by atoms with van der Waals surface area (Å²) in [6.45, 7) is 0.342. The van der Waals surface area contributed by atoms with Crippen LogP contribution < -0.4 is 4.99 Å². The van der Waals surface area contributed by atoms with Gasteiger partial charge in [-0.15, -0.1) is 0 Å². The van der Waals surface area contributed by atoms with Crippen LogP contribution in [-0.2, 0) is 29.9 Å². The number of rotatable bonds is 3. The monoisotopic (exact) mass is 480 g/mol. The molecule has 0 saturated heterocycles. The molecule has 0 saturated carbocycles. The molecule has 0 aromatic carbocycles. The molecule has 0 fully saturated rings. The van der Waals surface area contributed by atoms with Crippen molar-refractivity contribution in [3.05, 3.63) is 6.42 Å². The van der Waals surface area contributed by atoms with Crippen molar-refractivity contribution in [1.29, 1.82) is 5.41 Å². The van der Waals surface area contributed by atoms with Crippen LogP contribution in [0.5, 0.6) is 0 Å². The molecule has 0 aromatic rings. The number of halogens is 6. The molecule has 0 bridgehead atoms. The van der Waals surface area contributed by atoms with Crippen molar-refractivity contribution in [2.45, 2.75) is 13.6 Å². The third kappa shape index (κ3) is 7.24. The summed E-state index contributed by atoms with van der Waals surface area (Å²) in [6.07, 6.45) is 1.66. The zero-order valence-electron chi connectivity index (χ0n) is 8.97. The van der Waals surface area contributed by atoms with E-state index in [-0.39, 0.29) is 45.6 Å². The van der Waals surface area contributed by atoms with Gasteiger partial charge in [0.1, 0.15) is 6.61 Å². The van der Waals surface area contributed by atoms with E-state index < -0.39 is 13.5 Å². The molecule has 1 rings (SSSR count). The normalized spacial score (nSPS) is 19.3.